The molecule has 0 radical (unpaired) electrons. The van der Waals surface area contributed by atoms with E-state index in [0.29, 0.717) is 18.0 Å². The quantitative estimate of drug-likeness (QED) is 0.925. The maximum absolute atomic E-state index is 11.9. The van der Waals surface area contributed by atoms with Crippen LogP contribution in [0, 0.1) is 6.92 Å². The normalized spacial score (nSPS) is 22.1. The Morgan fingerprint density at radius 2 is 2.39 bits per heavy atom. The minimum Gasteiger partial charge on any atom is -0.349 e. The number of carbonyl (C=O) groups is 1. The Bertz CT molecular complexity index is 439. The number of halogens is 1. The molecule has 1 aliphatic rings. The molecule has 1 unspecified atom stereocenters. The van der Waals surface area contributed by atoms with Crippen molar-refractivity contribution >= 4 is 33.2 Å². The van der Waals surface area contributed by atoms with Crippen LogP contribution in [0.3, 0.4) is 0 Å². The lowest BCUT2D eigenvalue weighted by Gasteiger charge is -2.17. The number of hydrogen-bond donors (Lipinski definition) is 1. The third kappa shape index (κ3) is 3.32. The van der Waals surface area contributed by atoms with E-state index in [0.717, 1.165) is 9.35 Å². The smallest absolute Gasteiger partial charge is 0.261 e. The molecule has 1 fully saturated rings. The van der Waals surface area contributed by atoms with Crippen molar-refractivity contribution in [3.63, 3.8) is 0 Å². The lowest BCUT2D eigenvalue weighted by molar-refractivity contribution is -0.137. The molecule has 1 aromatic heterocycles. The zero-order valence-corrected chi connectivity index (χ0v) is 13.0. The van der Waals surface area contributed by atoms with Gasteiger partial charge in [0.15, 0.2) is 5.79 Å². The van der Waals surface area contributed by atoms with Gasteiger partial charge < -0.3 is 14.8 Å². The molecule has 2 heterocycles. The Morgan fingerprint density at radius 1 is 1.67 bits per heavy atom. The first-order chi connectivity index (χ1) is 8.37. The summed E-state index contributed by atoms with van der Waals surface area (Å²) in [4.78, 5) is 12.6. The molecule has 1 atom stereocenters. The Morgan fingerprint density at radius 3 is 2.89 bits per heavy atom. The van der Waals surface area contributed by atoms with Crippen molar-refractivity contribution in [1.82, 2.24) is 5.32 Å². The Labute approximate surface area is 119 Å². The summed E-state index contributed by atoms with van der Waals surface area (Å²) in [5, 5.41) is 2.86. The van der Waals surface area contributed by atoms with Crippen molar-refractivity contribution in [3.05, 3.63) is 20.3 Å². The first-order valence-electron chi connectivity index (χ1n) is 5.73. The summed E-state index contributed by atoms with van der Waals surface area (Å²) in [5.74, 6) is -0.611. The summed E-state index contributed by atoms with van der Waals surface area (Å²) in [6.45, 7) is 6.69. The summed E-state index contributed by atoms with van der Waals surface area (Å²) in [6.07, 6.45) is -0.0755. The average molecular weight is 334 g/mol. The molecule has 6 heteroatoms. The molecule has 1 aromatic rings. The Balaban J connectivity index is 1.86. The number of nitrogens with one attached hydrogen (secondary N) is 1. The lowest BCUT2D eigenvalue weighted by atomic mass is 10.3. The van der Waals surface area contributed by atoms with Crippen molar-refractivity contribution in [2.75, 3.05) is 13.2 Å². The SMILES string of the molecule is Cc1cc(C(=O)NCC2COC(C)(C)O2)sc1Br. The second-order valence-electron chi connectivity index (χ2n) is 4.73. The molecule has 1 amide bonds. The number of thiophene rings is 1. The van der Waals surface area contributed by atoms with Crippen LogP contribution in [-0.4, -0.2) is 30.9 Å². The summed E-state index contributed by atoms with van der Waals surface area (Å²) in [5.41, 5.74) is 1.08. The fourth-order valence-electron chi connectivity index (χ4n) is 1.73. The van der Waals surface area contributed by atoms with Gasteiger partial charge in [0.25, 0.3) is 5.91 Å². The monoisotopic (exact) mass is 333 g/mol. The van der Waals surface area contributed by atoms with Crippen molar-refractivity contribution < 1.29 is 14.3 Å². The van der Waals surface area contributed by atoms with E-state index in [1.54, 1.807) is 0 Å². The fraction of sp³-hybridized carbons (Fsp3) is 0.583. The number of ether oxygens (including phenoxy) is 2. The van der Waals surface area contributed by atoms with E-state index in [4.69, 9.17) is 9.47 Å². The van der Waals surface area contributed by atoms with E-state index in [2.05, 4.69) is 21.2 Å². The van der Waals surface area contributed by atoms with E-state index in [9.17, 15) is 4.79 Å². The van der Waals surface area contributed by atoms with E-state index in [1.807, 2.05) is 26.8 Å². The first-order valence-corrected chi connectivity index (χ1v) is 7.34. The predicted molar refractivity (Wildman–Crippen MR) is 74.0 cm³/mol. The minimum atomic E-state index is -0.544. The van der Waals surface area contributed by atoms with Crippen LogP contribution in [0.2, 0.25) is 0 Å². The number of amides is 1. The standard InChI is InChI=1S/C12H16BrNO3S/c1-7-4-9(18-10(7)13)11(15)14-5-8-6-16-12(2,3)17-8/h4,8H,5-6H2,1-3H3,(H,14,15). The molecule has 4 nitrogen and oxygen atoms in total. The third-order valence-corrected chi connectivity index (χ3v) is 4.77. The summed E-state index contributed by atoms with van der Waals surface area (Å²) < 4.78 is 12.1. The molecule has 1 aliphatic heterocycles. The molecule has 0 spiro atoms. The van der Waals surface area contributed by atoms with Crippen LogP contribution < -0.4 is 5.32 Å². The van der Waals surface area contributed by atoms with Crippen LogP contribution in [0.5, 0.6) is 0 Å². The van der Waals surface area contributed by atoms with Crippen molar-refractivity contribution in [2.45, 2.75) is 32.7 Å². The minimum absolute atomic E-state index is 0.0675. The predicted octanol–water partition coefficient (Wildman–Crippen LogP) is 2.70. The van der Waals surface area contributed by atoms with Gasteiger partial charge in [0.05, 0.1) is 15.3 Å². The molecule has 1 N–H and O–H groups in total. The van der Waals surface area contributed by atoms with Gasteiger partial charge in [-0.1, -0.05) is 0 Å². The highest BCUT2D eigenvalue weighted by Crippen LogP contribution is 2.27. The van der Waals surface area contributed by atoms with Gasteiger partial charge in [-0.3, -0.25) is 4.79 Å². The number of carbonyl (C=O) groups excluding carboxylic acids is 1. The molecule has 0 bridgehead atoms. The molecule has 18 heavy (non-hydrogen) atoms. The Kier molecular flexibility index (Phi) is 4.11. The van der Waals surface area contributed by atoms with Gasteiger partial charge in [0.2, 0.25) is 0 Å². The van der Waals surface area contributed by atoms with E-state index in [-0.39, 0.29) is 12.0 Å². The van der Waals surface area contributed by atoms with Crippen molar-refractivity contribution in [2.24, 2.45) is 0 Å². The summed E-state index contributed by atoms with van der Waals surface area (Å²) >= 11 is 4.85. The van der Waals surface area contributed by atoms with E-state index in [1.165, 1.54) is 11.3 Å². The molecular weight excluding hydrogens is 318 g/mol. The zero-order chi connectivity index (χ0) is 13.3. The third-order valence-electron chi connectivity index (χ3n) is 2.64. The average Bonchev–Trinajstić information content (AvgIpc) is 2.80. The topological polar surface area (TPSA) is 47.6 Å². The van der Waals surface area contributed by atoms with Crippen LogP contribution in [0.4, 0.5) is 0 Å². The van der Waals surface area contributed by atoms with Crippen LogP contribution in [-0.2, 0) is 9.47 Å². The zero-order valence-electron chi connectivity index (χ0n) is 10.6. The molecule has 0 aromatic carbocycles. The van der Waals surface area contributed by atoms with Crippen LogP contribution in [0.25, 0.3) is 0 Å². The second kappa shape index (κ2) is 5.28. The molecule has 0 aliphatic carbocycles. The van der Waals surface area contributed by atoms with Gasteiger partial charge in [-0.15, -0.1) is 11.3 Å². The molecule has 0 saturated carbocycles. The van der Waals surface area contributed by atoms with Crippen LogP contribution in [0.15, 0.2) is 9.85 Å². The number of aryl methyl sites for hydroxylation is 1. The lowest BCUT2D eigenvalue weighted by Crippen LogP contribution is -2.34. The maximum Gasteiger partial charge on any atom is 0.261 e. The summed E-state index contributed by atoms with van der Waals surface area (Å²) in [6, 6.07) is 1.88. The van der Waals surface area contributed by atoms with Crippen LogP contribution in [0.1, 0.15) is 29.1 Å². The number of rotatable bonds is 3. The van der Waals surface area contributed by atoms with E-state index >= 15 is 0 Å². The second-order valence-corrected chi connectivity index (χ2v) is 7.10. The van der Waals surface area contributed by atoms with E-state index < -0.39 is 5.79 Å². The van der Waals surface area contributed by atoms with Crippen molar-refractivity contribution in [3.8, 4) is 0 Å². The first kappa shape index (κ1) is 14.0. The highest BCUT2D eigenvalue weighted by atomic mass is 79.9. The molecule has 1 saturated heterocycles. The van der Waals surface area contributed by atoms with Crippen molar-refractivity contribution in [1.29, 1.82) is 0 Å². The van der Waals surface area contributed by atoms with Gasteiger partial charge in [-0.05, 0) is 48.3 Å². The van der Waals surface area contributed by atoms with Gasteiger partial charge in [0, 0.05) is 6.54 Å². The largest absolute Gasteiger partial charge is 0.349 e. The van der Waals surface area contributed by atoms with Gasteiger partial charge >= 0.3 is 0 Å². The highest BCUT2D eigenvalue weighted by molar-refractivity contribution is 9.11. The summed E-state index contributed by atoms with van der Waals surface area (Å²) in [7, 11) is 0. The van der Waals surface area contributed by atoms with Gasteiger partial charge in [-0.2, -0.15) is 0 Å². The highest BCUT2D eigenvalue weighted by Gasteiger charge is 2.32. The molecule has 2 rings (SSSR count). The maximum atomic E-state index is 11.9. The van der Waals surface area contributed by atoms with Gasteiger partial charge in [0.1, 0.15) is 6.10 Å². The number of hydrogen-bond acceptors (Lipinski definition) is 4. The molecular formula is C12H16BrNO3S. The Hall–Kier alpha value is -0.430. The van der Waals surface area contributed by atoms with Gasteiger partial charge in [-0.25, -0.2) is 0 Å². The molecule has 100 valence electrons. The fourth-order valence-corrected chi connectivity index (χ4v) is 3.18. The van der Waals surface area contributed by atoms with Crippen LogP contribution >= 0.6 is 27.3 Å².